The molecule has 0 amide bonds. The number of nitro benzene ring substituents is 1. The summed E-state index contributed by atoms with van der Waals surface area (Å²) in [6.45, 7) is 0. The van der Waals surface area contributed by atoms with Crippen molar-refractivity contribution in [2.45, 2.75) is 31.4 Å². The fourth-order valence-corrected chi connectivity index (χ4v) is 2.45. The smallest absolute Gasteiger partial charge is 0.338 e. The number of carbonyl (C=O) groups is 1. The minimum Gasteiger partial charge on any atom is -0.478 e. The van der Waals surface area contributed by atoms with Gasteiger partial charge in [-0.1, -0.05) is 0 Å². The average molecular weight is 280 g/mol. The molecule has 2 atom stereocenters. The van der Waals surface area contributed by atoms with E-state index in [0.717, 1.165) is 25.3 Å². The van der Waals surface area contributed by atoms with E-state index in [1.165, 1.54) is 12.1 Å². The van der Waals surface area contributed by atoms with Crippen LogP contribution in [0.3, 0.4) is 0 Å². The summed E-state index contributed by atoms with van der Waals surface area (Å²) in [6.07, 6.45) is 2.78. The first-order valence-corrected chi connectivity index (χ1v) is 6.32. The van der Waals surface area contributed by atoms with Crippen molar-refractivity contribution in [1.82, 2.24) is 0 Å². The zero-order valence-electron chi connectivity index (χ0n) is 11.0. The molecule has 0 saturated heterocycles. The van der Waals surface area contributed by atoms with E-state index in [1.807, 2.05) is 0 Å². The van der Waals surface area contributed by atoms with Crippen LogP contribution in [0.5, 0.6) is 0 Å². The van der Waals surface area contributed by atoms with Gasteiger partial charge in [0.1, 0.15) is 0 Å². The lowest BCUT2D eigenvalue weighted by atomic mass is 10.1. The van der Waals surface area contributed by atoms with Crippen molar-refractivity contribution in [3.8, 4) is 0 Å². The van der Waals surface area contributed by atoms with E-state index >= 15 is 0 Å². The summed E-state index contributed by atoms with van der Waals surface area (Å²) in [5, 5.41) is 23.0. The number of ether oxygens (including phenoxy) is 1. The number of nitrogens with zero attached hydrogens (tertiary/aromatic N) is 1. The van der Waals surface area contributed by atoms with Crippen LogP contribution in [0.25, 0.3) is 0 Å². The predicted molar refractivity (Wildman–Crippen MR) is 72.1 cm³/mol. The Morgan fingerprint density at radius 2 is 2.25 bits per heavy atom. The number of hydrogen-bond donors (Lipinski definition) is 2. The molecule has 0 aromatic heterocycles. The van der Waals surface area contributed by atoms with Crippen LogP contribution in [-0.2, 0) is 4.74 Å². The number of aromatic carboxylic acids is 1. The molecule has 2 rings (SSSR count). The van der Waals surface area contributed by atoms with Gasteiger partial charge in [-0.05, 0) is 25.3 Å². The number of rotatable bonds is 5. The van der Waals surface area contributed by atoms with Crippen LogP contribution in [0.2, 0.25) is 0 Å². The molecule has 1 fully saturated rings. The normalized spacial score (nSPS) is 21.6. The first kappa shape index (κ1) is 14.3. The summed E-state index contributed by atoms with van der Waals surface area (Å²) in [4.78, 5) is 21.3. The summed E-state index contributed by atoms with van der Waals surface area (Å²) >= 11 is 0. The third-order valence-corrected chi connectivity index (χ3v) is 3.52. The Hall–Kier alpha value is -2.15. The van der Waals surface area contributed by atoms with E-state index in [2.05, 4.69) is 5.32 Å². The SMILES string of the molecule is COC1CCC(Nc2ccc([N+](=O)[O-])cc2C(=O)O)C1. The van der Waals surface area contributed by atoms with Gasteiger partial charge in [-0.25, -0.2) is 4.79 Å². The maximum atomic E-state index is 11.2. The van der Waals surface area contributed by atoms with Crippen molar-refractivity contribution in [1.29, 1.82) is 0 Å². The third kappa shape index (κ3) is 3.05. The Kier molecular flexibility index (Phi) is 4.19. The highest BCUT2D eigenvalue weighted by Crippen LogP contribution is 2.28. The number of non-ortho nitro benzene ring substituents is 1. The number of nitrogens with one attached hydrogen (secondary N) is 1. The molecule has 1 aliphatic carbocycles. The van der Waals surface area contributed by atoms with Gasteiger partial charge in [-0.15, -0.1) is 0 Å². The largest absolute Gasteiger partial charge is 0.478 e. The van der Waals surface area contributed by atoms with Crippen LogP contribution in [0.1, 0.15) is 29.6 Å². The fourth-order valence-electron chi connectivity index (χ4n) is 2.45. The Morgan fingerprint density at radius 3 is 2.80 bits per heavy atom. The summed E-state index contributed by atoms with van der Waals surface area (Å²) < 4.78 is 5.26. The quantitative estimate of drug-likeness (QED) is 0.633. The molecule has 0 aliphatic heterocycles. The average Bonchev–Trinajstić information content (AvgIpc) is 2.86. The van der Waals surface area contributed by atoms with E-state index in [-0.39, 0.29) is 23.4 Å². The van der Waals surface area contributed by atoms with Gasteiger partial charge >= 0.3 is 5.97 Å². The van der Waals surface area contributed by atoms with Crippen molar-refractivity contribution < 1.29 is 19.6 Å². The molecule has 2 unspecified atom stereocenters. The minimum absolute atomic E-state index is 0.0833. The number of nitro groups is 1. The lowest BCUT2D eigenvalue weighted by Crippen LogP contribution is -2.19. The summed E-state index contributed by atoms with van der Waals surface area (Å²) in [5.74, 6) is -1.18. The predicted octanol–water partition coefficient (Wildman–Crippen LogP) is 2.27. The monoisotopic (exact) mass is 280 g/mol. The van der Waals surface area contributed by atoms with Crippen LogP contribution < -0.4 is 5.32 Å². The van der Waals surface area contributed by atoms with Gasteiger partial charge in [-0.2, -0.15) is 0 Å². The molecule has 0 radical (unpaired) electrons. The van der Waals surface area contributed by atoms with Crippen molar-refractivity contribution in [2.75, 3.05) is 12.4 Å². The first-order valence-electron chi connectivity index (χ1n) is 6.32. The molecule has 7 nitrogen and oxygen atoms in total. The standard InChI is InChI=1S/C13H16N2O5/c1-20-10-4-2-8(6-10)14-12-5-3-9(15(18)19)7-11(12)13(16)17/h3,5,7-8,10,14H,2,4,6H2,1H3,(H,16,17). The maximum absolute atomic E-state index is 11.2. The van der Waals surface area contributed by atoms with E-state index in [1.54, 1.807) is 7.11 Å². The van der Waals surface area contributed by atoms with Gasteiger partial charge in [0.25, 0.3) is 5.69 Å². The lowest BCUT2D eigenvalue weighted by Gasteiger charge is -2.16. The van der Waals surface area contributed by atoms with Gasteiger partial charge in [-0.3, -0.25) is 10.1 Å². The van der Waals surface area contributed by atoms with Gasteiger partial charge in [0.2, 0.25) is 0 Å². The first-order chi connectivity index (χ1) is 9.51. The highest BCUT2D eigenvalue weighted by molar-refractivity contribution is 5.95. The number of benzene rings is 1. The third-order valence-electron chi connectivity index (χ3n) is 3.52. The van der Waals surface area contributed by atoms with Gasteiger partial charge in [0, 0.05) is 31.0 Å². The molecule has 0 heterocycles. The molecule has 1 aromatic carbocycles. The number of carboxylic acid groups (broad SMARTS) is 1. The van der Waals surface area contributed by atoms with Crippen LogP contribution in [0.4, 0.5) is 11.4 Å². The molecular weight excluding hydrogens is 264 g/mol. The molecule has 0 bridgehead atoms. The number of carboxylic acids is 1. The molecule has 1 aromatic rings. The second kappa shape index (κ2) is 5.87. The number of anilines is 1. The molecule has 0 spiro atoms. The van der Waals surface area contributed by atoms with Gasteiger partial charge in [0.15, 0.2) is 0 Å². The van der Waals surface area contributed by atoms with Crippen LogP contribution in [-0.4, -0.2) is 35.3 Å². The van der Waals surface area contributed by atoms with Gasteiger partial charge in [0.05, 0.1) is 16.6 Å². The van der Waals surface area contributed by atoms with Crippen molar-refractivity contribution in [3.05, 3.63) is 33.9 Å². The van der Waals surface area contributed by atoms with Crippen molar-refractivity contribution in [3.63, 3.8) is 0 Å². The molecule has 1 saturated carbocycles. The Morgan fingerprint density at radius 1 is 1.50 bits per heavy atom. The minimum atomic E-state index is -1.18. The Balaban J connectivity index is 2.19. The van der Waals surface area contributed by atoms with E-state index in [9.17, 15) is 14.9 Å². The Labute approximate surface area is 115 Å². The summed E-state index contributed by atoms with van der Waals surface area (Å²) in [7, 11) is 1.65. The fraction of sp³-hybridized carbons (Fsp3) is 0.462. The number of methoxy groups -OCH3 is 1. The Bertz CT molecular complexity index is 531. The molecule has 20 heavy (non-hydrogen) atoms. The highest BCUT2D eigenvalue weighted by Gasteiger charge is 2.26. The zero-order chi connectivity index (χ0) is 14.7. The van der Waals surface area contributed by atoms with Gasteiger partial charge < -0.3 is 15.2 Å². The number of hydrogen-bond acceptors (Lipinski definition) is 5. The van der Waals surface area contributed by atoms with Crippen molar-refractivity contribution >= 4 is 17.3 Å². The lowest BCUT2D eigenvalue weighted by molar-refractivity contribution is -0.384. The second-order valence-electron chi connectivity index (χ2n) is 4.80. The van der Waals surface area contributed by atoms with E-state index < -0.39 is 10.9 Å². The van der Waals surface area contributed by atoms with E-state index in [0.29, 0.717) is 5.69 Å². The molecule has 1 aliphatic rings. The topological polar surface area (TPSA) is 102 Å². The molecule has 2 N–H and O–H groups in total. The zero-order valence-corrected chi connectivity index (χ0v) is 11.0. The second-order valence-corrected chi connectivity index (χ2v) is 4.80. The highest BCUT2D eigenvalue weighted by atomic mass is 16.6. The maximum Gasteiger partial charge on any atom is 0.338 e. The van der Waals surface area contributed by atoms with Crippen LogP contribution >= 0.6 is 0 Å². The van der Waals surface area contributed by atoms with Crippen LogP contribution in [0.15, 0.2) is 18.2 Å². The van der Waals surface area contributed by atoms with Crippen molar-refractivity contribution in [2.24, 2.45) is 0 Å². The van der Waals surface area contributed by atoms with Crippen LogP contribution in [0, 0.1) is 10.1 Å². The molecule has 7 heteroatoms. The summed E-state index contributed by atoms with van der Waals surface area (Å²) in [6, 6.07) is 3.95. The molecular formula is C13H16N2O5. The van der Waals surface area contributed by atoms with E-state index in [4.69, 9.17) is 9.84 Å². The summed E-state index contributed by atoms with van der Waals surface area (Å²) in [5.41, 5.74) is 0.0964. The molecule has 108 valence electrons.